The number of anilines is 2. The van der Waals surface area contributed by atoms with Gasteiger partial charge in [0, 0.05) is 32.8 Å². The molecule has 0 saturated carbocycles. The van der Waals surface area contributed by atoms with E-state index in [2.05, 4.69) is 34.0 Å². The van der Waals surface area contributed by atoms with Crippen molar-refractivity contribution in [2.24, 2.45) is 5.92 Å². The monoisotopic (exact) mass is 264 g/mol. The highest BCUT2D eigenvalue weighted by molar-refractivity contribution is 5.49. The Morgan fingerprint density at radius 1 is 1.47 bits per heavy atom. The zero-order chi connectivity index (χ0) is 13.8. The molecule has 0 radical (unpaired) electrons. The lowest BCUT2D eigenvalue weighted by Gasteiger charge is -2.37. The van der Waals surface area contributed by atoms with E-state index >= 15 is 0 Å². The molecule has 1 N–H and O–H groups in total. The van der Waals surface area contributed by atoms with Gasteiger partial charge in [-0.25, -0.2) is 9.97 Å². The Bertz CT molecular complexity index is 424. The summed E-state index contributed by atoms with van der Waals surface area (Å²) in [6.45, 7) is 9.06. The SMILES string of the molecule is CCNc1cc(N2CCC(C)C(OC)C2)nc(C)n1. The molecule has 0 amide bonds. The van der Waals surface area contributed by atoms with Crippen molar-refractivity contribution >= 4 is 11.6 Å². The van der Waals surface area contributed by atoms with E-state index in [1.165, 1.54) is 0 Å². The largest absolute Gasteiger partial charge is 0.379 e. The second kappa shape index (κ2) is 6.19. The number of nitrogens with zero attached hydrogens (tertiary/aromatic N) is 3. The average Bonchev–Trinajstić information content (AvgIpc) is 2.39. The number of aryl methyl sites for hydroxylation is 1. The highest BCUT2D eigenvalue weighted by Crippen LogP contribution is 2.24. The highest BCUT2D eigenvalue weighted by Gasteiger charge is 2.27. The second-order valence-electron chi connectivity index (χ2n) is 5.18. The first-order valence-electron chi connectivity index (χ1n) is 7.01. The predicted molar refractivity (Wildman–Crippen MR) is 77.7 cm³/mol. The number of rotatable bonds is 4. The Hall–Kier alpha value is -1.36. The summed E-state index contributed by atoms with van der Waals surface area (Å²) < 4.78 is 5.56. The van der Waals surface area contributed by atoms with Crippen LogP contribution < -0.4 is 10.2 Å². The topological polar surface area (TPSA) is 50.3 Å². The van der Waals surface area contributed by atoms with Gasteiger partial charge < -0.3 is 15.0 Å². The van der Waals surface area contributed by atoms with Crippen LogP contribution in [0.4, 0.5) is 11.6 Å². The van der Waals surface area contributed by atoms with Crippen LogP contribution >= 0.6 is 0 Å². The Labute approximate surface area is 115 Å². The van der Waals surface area contributed by atoms with Crippen molar-refractivity contribution in [3.63, 3.8) is 0 Å². The van der Waals surface area contributed by atoms with E-state index in [9.17, 15) is 0 Å². The van der Waals surface area contributed by atoms with Crippen LogP contribution in [-0.4, -0.2) is 42.8 Å². The molecule has 2 rings (SSSR count). The van der Waals surface area contributed by atoms with Crippen molar-refractivity contribution in [1.29, 1.82) is 0 Å². The summed E-state index contributed by atoms with van der Waals surface area (Å²) in [5, 5.41) is 3.25. The zero-order valence-electron chi connectivity index (χ0n) is 12.3. The molecule has 106 valence electrons. The molecule has 2 heterocycles. The lowest BCUT2D eigenvalue weighted by molar-refractivity contribution is 0.0496. The normalized spacial score (nSPS) is 23.5. The van der Waals surface area contributed by atoms with Gasteiger partial charge in [0.1, 0.15) is 17.5 Å². The lowest BCUT2D eigenvalue weighted by atomic mass is 9.96. The van der Waals surface area contributed by atoms with Gasteiger partial charge in [0.2, 0.25) is 0 Å². The van der Waals surface area contributed by atoms with Crippen LogP contribution in [0.1, 0.15) is 26.1 Å². The van der Waals surface area contributed by atoms with Gasteiger partial charge in [0.15, 0.2) is 0 Å². The summed E-state index contributed by atoms with van der Waals surface area (Å²) in [7, 11) is 1.79. The Morgan fingerprint density at radius 2 is 2.26 bits per heavy atom. The summed E-state index contributed by atoms with van der Waals surface area (Å²) in [6.07, 6.45) is 1.42. The fourth-order valence-corrected chi connectivity index (χ4v) is 2.53. The van der Waals surface area contributed by atoms with Crippen molar-refractivity contribution in [2.45, 2.75) is 33.3 Å². The molecule has 1 aliphatic rings. The number of hydrogen-bond acceptors (Lipinski definition) is 5. The molecule has 0 spiro atoms. The van der Waals surface area contributed by atoms with Crippen LogP contribution in [-0.2, 0) is 4.74 Å². The number of ether oxygens (including phenoxy) is 1. The number of nitrogens with one attached hydrogen (secondary N) is 1. The summed E-state index contributed by atoms with van der Waals surface area (Å²) in [5.74, 6) is 3.31. The van der Waals surface area contributed by atoms with E-state index in [1.807, 2.05) is 13.0 Å². The molecule has 19 heavy (non-hydrogen) atoms. The van der Waals surface area contributed by atoms with Crippen LogP contribution in [0.2, 0.25) is 0 Å². The minimum Gasteiger partial charge on any atom is -0.379 e. The van der Waals surface area contributed by atoms with Crippen LogP contribution in [0.3, 0.4) is 0 Å². The van der Waals surface area contributed by atoms with Gasteiger partial charge in [-0.1, -0.05) is 6.92 Å². The quantitative estimate of drug-likeness (QED) is 0.902. The minimum absolute atomic E-state index is 0.284. The maximum atomic E-state index is 5.56. The van der Waals surface area contributed by atoms with Crippen molar-refractivity contribution in [2.75, 3.05) is 37.0 Å². The molecule has 1 saturated heterocycles. The van der Waals surface area contributed by atoms with E-state index in [0.717, 1.165) is 43.5 Å². The van der Waals surface area contributed by atoms with Crippen molar-refractivity contribution in [3.05, 3.63) is 11.9 Å². The molecule has 1 aromatic heterocycles. The van der Waals surface area contributed by atoms with Crippen molar-refractivity contribution in [3.8, 4) is 0 Å². The standard InChI is InChI=1S/C14H24N4O/c1-5-15-13-8-14(17-11(3)16-13)18-7-6-10(2)12(9-18)19-4/h8,10,12H,5-7,9H2,1-4H3,(H,15,16,17). The van der Waals surface area contributed by atoms with Crippen LogP contribution in [0.25, 0.3) is 0 Å². The smallest absolute Gasteiger partial charge is 0.134 e. The summed E-state index contributed by atoms with van der Waals surface area (Å²) in [6, 6.07) is 2.03. The summed E-state index contributed by atoms with van der Waals surface area (Å²) in [4.78, 5) is 11.2. The first-order valence-corrected chi connectivity index (χ1v) is 7.01. The molecular weight excluding hydrogens is 240 g/mol. The zero-order valence-corrected chi connectivity index (χ0v) is 12.3. The minimum atomic E-state index is 0.284. The molecule has 5 heteroatoms. The number of methoxy groups -OCH3 is 1. The number of aromatic nitrogens is 2. The van der Waals surface area contributed by atoms with Gasteiger partial charge in [-0.05, 0) is 26.2 Å². The Balaban J connectivity index is 2.17. The van der Waals surface area contributed by atoms with Crippen LogP contribution in [0.15, 0.2) is 6.07 Å². The van der Waals surface area contributed by atoms with Crippen LogP contribution in [0.5, 0.6) is 0 Å². The molecule has 0 aromatic carbocycles. The lowest BCUT2D eigenvalue weighted by Crippen LogP contribution is -2.44. The Morgan fingerprint density at radius 3 is 2.95 bits per heavy atom. The molecule has 1 aromatic rings. The maximum absolute atomic E-state index is 5.56. The fraction of sp³-hybridized carbons (Fsp3) is 0.714. The summed E-state index contributed by atoms with van der Waals surface area (Å²) >= 11 is 0. The van der Waals surface area contributed by atoms with E-state index in [0.29, 0.717) is 5.92 Å². The second-order valence-corrected chi connectivity index (χ2v) is 5.18. The van der Waals surface area contributed by atoms with E-state index in [1.54, 1.807) is 7.11 Å². The Kier molecular flexibility index (Phi) is 4.58. The predicted octanol–water partition coefficient (Wildman–Crippen LogP) is 2.08. The van der Waals surface area contributed by atoms with Gasteiger partial charge in [0.25, 0.3) is 0 Å². The molecule has 1 aliphatic heterocycles. The maximum Gasteiger partial charge on any atom is 0.134 e. The number of hydrogen-bond donors (Lipinski definition) is 1. The molecular formula is C14H24N4O. The van der Waals surface area contributed by atoms with Crippen molar-refractivity contribution < 1.29 is 4.74 Å². The third-order valence-corrected chi connectivity index (χ3v) is 3.70. The van der Waals surface area contributed by atoms with Gasteiger partial charge >= 0.3 is 0 Å². The van der Waals surface area contributed by atoms with Gasteiger partial charge in [0.05, 0.1) is 6.10 Å². The molecule has 2 atom stereocenters. The average molecular weight is 264 g/mol. The van der Waals surface area contributed by atoms with Crippen molar-refractivity contribution in [1.82, 2.24) is 9.97 Å². The third-order valence-electron chi connectivity index (χ3n) is 3.70. The van der Waals surface area contributed by atoms with Gasteiger partial charge in [-0.3, -0.25) is 0 Å². The third kappa shape index (κ3) is 3.35. The number of piperidine rings is 1. The van der Waals surface area contributed by atoms with Gasteiger partial charge in [-0.15, -0.1) is 0 Å². The van der Waals surface area contributed by atoms with Gasteiger partial charge in [-0.2, -0.15) is 0 Å². The van der Waals surface area contributed by atoms with E-state index in [4.69, 9.17) is 4.74 Å². The summed E-state index contributed by atoms with van der Waals surface area (Å²) in [5.41, 5.74) is 0. The van der Waals surface area contributed by atoms with E-state index < -0.39 is 0 Å². The fourth-order valence-electron chi connectivity index (χ4n) is 2.53. The first-order chi connectivity index (χ1) is 9.13. The highest BCUT2D eigenvalue weighted by atomic mass is 16.5. The van der Waals surface area contributed by atoms with Crippen LogP contribution in [0, 0.1) is 12.8 Å². The molecule has 1 fully saturated rings. The first kappa shape index (κ1) is 14.1. The molecule has 2 unspecified atom stereocenters. The van der Waals surface area contributed by atoms with E-state index in [-0.39, 0.29) is 6.10 Å². The molecule has 5 nitrogen and oxygen atoms in total. The molecule has 0 aliphatic carbocycles. The molecule has 0 bridgehead atoms.